The van der Waals surface area contributed by atoms with E-state index in [1.807, 2.05) is 47.1 Å². The zero-order valence-electron chi connectivity index (χ0n) is 22.9. The van der Waals surface area contributed by atoms with Crippen molar-refractivity contribution in [2.24, 2.45) is 0 Å². The van der Waals surface area contributed by atoms with Crippen molar-refractivity contribution in [1.82, 2.24) is 46.1 Å². The summed E-state index contributed by atoms with van der Waals surface area (Å²) in [6.07, 6.45) is 4.56. The van der Waals surface area contributed by atoms with Gasteiger partial charge in [0.05, 0.1) is 5.54 Å². The van der Waals surface area contributed by atoms with Crippen molar-refractivity contribution in [3.8, 4) is 0 Å². The van der Waals surface area contributed by atoms with Gasteiger partial charge in [0.1, 0.15) is 0 Å². The van der Waals surface area contributed by atoms with Gasteiger partial charge in [-0.25, -0.2) is 0 Å². The third-order valence-electron chi connectivity index (χ3n) is 6.36. The quantitative estimate of drug-likeness (QED) is 0.113. The predicted molar refractivity (Wildman–Crippen MR) is 156 cm³/mol. The number of tetrazole rings is 2. The summed E-state index contributed by atoms with van der Waals surface area (Å²) < 4.78 is 2.66. The van der Waals surface area contributed by atoms with Crippen LogP contribution in [-0.2, 0) is 10.3 Å². The van der Waals surface area contributed by atoms with Gasteiger partial charge in [-0.15, -0.1) is 0 Å². The van der Waals surface area contributed by atoms with E-state index >= 15 is 0 Å². The average molecular weight is 617 g/mol. The monoisotopic (exact) mass is 617 g/mol. The van der Waals surface area contributed by atoms with Gasteiger partial charge in [0, 0.05) is 0 Å². The number of carbonyl (C=O) groups is 1. The van der Waals surface area contributed by atoms with Crippen LogP contribution in [0.25, 0.3) is 0 Å². The Morgan fingerprint density at radius 2 is 1.76 bits per heavy atom. The Morgan fingerprint density at radius 1 is 1.00 bits per heavy atom. The molecule has 12 nitrogen and oxygen atoms in total. The van der Waals surface area contributed by atoms with Crippen molar-refractivity contribution in [2.45, 2.75) is 43.7 Å². The third-order valence-corrected chi connectivity index (χ3v) is 8.57. The van der Waals surface area contributed by atoms with E-state index in [-0.39, 0.29) is 38.4 Å². The van der Waals surface area contributed by atoms with Gasteiger partial charge >= 0.3 is 189 Å². The van der Waals surface area contributed by atoms with E-state index in [1.165, 1.54) is 6.08 Å². The number of nitrogens with zero attached hydrogens (tertiary/aromatic N) is 7. The number of aromatic nitrogens is 8. The van der Waals surface area contributed by atoms with E-state index in [9.17, 15) is 4.79 Å². The third kappa shape index (κ3) is 6.88. The normalized spacial score (nSPS) is 15.0. The summed E-state index contributed by atoms with van der Waals surface area (Å²) in [4.78, 5) is 11.7. The van der Waals surface area contributed by atoms with Crippen LogP contribution in [0, 0.1) is 5.41 Å². The molecule has 1 aliphatic carbocycles. The number of carbonyl (C=O) groups excluding carboxylic acids is 1. The molecule has 2 unspecified atom stereocenters. The molecule has 0 saturated heterocycles. The molecule has 5 rings (SSSR count). The molecule has 41 heavy (non-hydrogen) atoms. The summed E-state index contributed by atoms with van der Waals surface area (Å²) >= 11 is -0.00496. The first kappa shape index (κ1) is 28.2. The van der Waals surface area contributed by atoms with Gasteiger partial charge in [0.2, 0.25) is 0 Å². The van der Waals surface area contributed by atoms with Crippen molar-refractivity contribution in [3.05, 3.63) is 100 Å². The van der Waals surface area contributed by atoms with Gasteiger partial charge in [-0.05, 0) is 31.2 Å². The molecule has 210 valence electrons. The molecule has 2 aromatic heterocycles. The maximum atomic E-state index is 11.7. The Bertz CT molecular complexity index is 1540. The second kappa shape index (κ2) is 12.5. The molecule has 0 amide bonds. The Balaban J connectivity index is 1.32. The van der Waals surface area contributed by atoms with Gasteiger partial charge in [-0.2, -0.15) is 0 Å². The van der Waals surface area contributed by atoms with Crippen molar-refractivity contribution >= 4 is 32.1 Å². The van der Waals surface area contributed by atoms with Gasteiger partial charge in [0.15, 0.2) is 0 Å². The Kier molecular flexibility index (Phi) is 8.58. The Morgan fingerprint density at radius 3 is 2.46 bits per heavy atom. The molecule has 2 aromatic carbocycles. The molecule has 4 N–H and O–H groups in total. The number of benzene rings is 2. The topological polar surface area (TPSA) is 163 Å². The first-order valence-electron chi connectivity index (χ1n) is 13.1. The number of allylic oxidation sites excluding steroid dienone is 4. The molecule has 0 aliphatic heterocycles. The number of ketones is 1. The minimum absolute atomic E-state index is 0.00496. The Hall–Kier alpha value is -4.32. The minimum Gasteiger partial charge on any atom is -0.0622 e. The summed E-state index contributed by atoms with van der Waals surface area (Å²) in [6.45, 7) is 6.88. The number of hydrogen-bond donors (Lipinski definition) is 4. The molecular weight excluding hydrogens is 585 g/mol. The summed E-state index contributed by atoms with van der Waals surface area (Å²) in [6, 6.07) is 17.6. The second-order valence-electron chi connectivity index (χ2n) is 10.4. The van der Waals surface area contributed by atoms with E-state index in [0.29, 0.717) is 18.1 Å². The standard InChI is InChI=1S/C28H31N11OSe/c1-28(2,3)39-27(34-37-38-39)25(18-7-5-4-6-8-18)31-20-11-9-19(10-12-20)24(26-32-35-36-33-26)30-15-16-41-23-17-21(40)13-14-22(23)29/h4-14,17,24-25,29-31H,15-16H2,1-3H3,(H,32,33,35,36). The fourth-order valence-corrected chi connectivity index (χ4v) is 6.18. The first-order chi connectivity index (χ1) is 19.8. The number of anilines is 1. The molecule has 0 fully saturated rings. The van der Waals surface area contributed by atoms with Crippen LogP contribution >= 0.6 is 0 Å². The fraction of sp³-hybridized carbons (Fsp3) is 0.286. The van der Waals surface area contributed by atoms with Crippen LogP contribution in [0.4, 0.5) is 5.69 Å². The van der Waals surface area contributed by atoms with Crippen LogP contribution in [0.5, 0.6) is 0 Å². The maximum absolute atomic E-state index is 11.7. The van der Waals surface area contributed by atoms with Gasteiger partial charge < -0.3 is 0 Å². The Labute approximate surface area is 243 Å². The molecule has 13 heteroatoms. The van der Waals surface area contributed by atoms with Crippen molar-refractivity contribution in [2.75, 3.05) is 11.9 Å². The minimum atomic E-state index is -0.289. The zero-order chi connectivity index (χ0) is 28.8. The molecule has 4 aromatic rings. The van der Waals surface area contributed by atoms with Crippen LogP contribution in [0.3, 0.4) is 0 Å². The number of hydrogen-bond acceptors (Lipinski definition) is 10. The summed E-state index contributed by atoms with van der Waals surface area (Å²) in [5, 5.41) is 43.3. The summed E-state index contributed by atoms with van der Waals surface area (Å²) in [7, 11) is 0. The van der Waals surface area contributed by atoms with E-state index in [0.717, 1.165) is 32.4 Å². The molecule has 0 bridgehead atoms. The van der Waals surface area contributed by atoms with Crippen LogP contribution in [-0.4, -0.2) is 73.8 Å². The fourth-order valence-electron chi connectivity index (χ4n) is 4.37. The predicted octanol–water partition coefficient (Wildman–Crippen LogP) is 2.99. The van der Waals surface area contributed by atoms with E-state index < -0.39 is 0 Å². The van der Waals surface area contributed by atoms with Crippen LogP contribution < -0.4 is 10.6 Å². The number of nitrogens with one attached hydrogen (secondary N) is 4. The number of H-pyrrole nitrogens is 1. The molecule has 1 aliphatic rings. The first-order valence-corrected chi connectivity index (χ1v) is 15.2. The van der Waals surface area contributed by atoms with Crippen LogP contribution in [0.15, 0.2) is 77.3 Å². The second-order valence-corrected chi connectivity index (χ2v) is 12.8. The average Bonchev–Trinajstić information content (AvgIpc) is 3.68. The molecular formula is C28H31N11OSe. The van der Waals surface area contributed by atoms with Gasteiger partial charge in [-0.1, -0.05) is 18.2 Å². The molecule has 2 atom stereocenters. The van der Waals surface area contributed by atoms with Crippen LogP contribution in [0.2, 0.25) is 5.32 Å². The zero-order valence-corrected chi connectivity index (χ0v) is 24.7. The van der Waals surface area contributed by atoms with Crippen molar-refractivity contribution in [3.63, 3.8) is 0 Å². The van der Waals surface area contributed by atoms with E-state index in [1.54, 1.807) is 12.2 Å². The van der Waals surface area contributed by atoms with E-state index in [4.69, 9.17) is 5.41 Å². The number of rotatable bonds is 11. The molecule has 0 spiro atoms. The summed E-state index contributed by atoms with van der Waals surface area (Å²) in [5.74, 6) is 1.19. The van der Waals surface area contributed by atoms with Gasteiger partial charge in [0.25, 0.3) is 0 Å². The molecule has 0 saturated carbocycles. The summed E-state index contributed by atoms with van der Waals surface area (Å²) in [5.41, 5.74) is 3.04. The molecule has 2 heterocycles. The van der Waals surface area contributed by atoms with Gasteiger partial charge in [-0.3, -0.25) is 0 Å². The van der Waals surface area contributed by atoms with Crippen LogP contribution in [0.1, 0.15) is 55.6 Å². The van der Waals surface area contributed by atoms with Crippen molar-refractivity contribution in [1.29, 1.82) is 5.41 Å². The molecule has 0 radical (unpaired) electrons. The number of aromatic amines is 1. The van der Waals surface area contributed by atoms with E-state index in [2.05, 4.69) is 79.7 Å². The SMILES string of the molecule is CC(C)(C)n1nnnc1C(Nc1ccc(C(NCC[Se]C2=CC(=O)C=CC2=N)c2nn[nH]n2)cc1)c1ccccc1. The van der Waals surface area contributed by atoms with Crippen molar-refractivity contribution < 1.29 is 4.79 Å². The smallest absolute Gasteiger partial charge is 0.0622 e.